The van der Waals surface area contributed by atoms with Crippen molar-refractivity contribution in [2.45, 2.75) is 25.8 Å². The van der Waals surface area contributed by atoms with Crippen molar-refractivity contribution >= 4 is 24.1 Å². The van der Waals surface area contributed by atoms with E-state index in [1.807, 2.05) is 82.4 Å². The van der Waals surface area contributed by atoms with E-state index in [-0.39, 0.29) is 31.2 Å². The van der Waals surface area contributed by atoms with Gasteiger partial charge in [0.2, 0.25) is 0 Å². The molecular weight excluding hydrogens is 530 g/mol. The number of benzene rings is 3. The van der Waals surface area contributed by atoms with Gasteiger partial charge in [0.25, 0.3) is 0 Å². The van der Waals surface area contributed by atoms with Gasteiger partial charge in [-0.05, 0) is 81.4 Å². The fourth-order valence-electron chi connectivity index (χ4n) is 4.10. The van der Waals surface area contributed by atoms with Gasteiger partial charge in [-0.15, -0.1) is 0 Å². The molecule has 1 nitrogen and oxygen atoms in total. The van der Waals surface area contributed by atoms with Gasteiger partial charge in [-0.1, -0.05) is 110 Å². The summed E-state index contributed by atoms with van der Waals surface area (Å²) >= 11 is 0. The number of nitrogens with zero attached hydrogens (tertiary/aromatic N) is 1. The molecule has 0 amide bonds. The third-order valence-corrected chi connectivity index (χ3v) is 11.3. The number of hydrogen-bond donors (Lipinski definition) is 0. The van der Waals surface area contributed by atoms with Crippen LogP contribution in [0.5, 0.6) is 0 Å². The first-order valence-corrected chi connectivity index (χ1v) is 14.2. The van der Waals surface area contributed by atoms with Gasteiger partial charge in [0.05, 0.1) is 11.9 Å². The summed E-state index contributed by atoms with van der Waals surface area (Å²) in [5, 5.41) is 7.82. The molecule has 2 saturated carbocycles. The Bertz CT molecular complexity index is 865. The van der Waals surface area contributed by atoms with Crippen LogP contribution in [0, 0.1) is 70.4 Å². The molecule has 36 heavy (non-hydrogen) atoms. The molecule has 5 rings (SSSR count). The van der Waals surface area contributed by atoms with Crippen molar-refractivity contribution < 1.29 is 26.2 Å². The summed E-state index contributed by atoms with van der Waals surface area (Å²) in [6.45, 7) is 7.03. The standard InChI is InChI=1S/C23H25NSi.2C5H5.Zr/c1-23(2,3)25(21-15-9-5-10-16-21,22-17-11-6-12-18-22)19-24-20-13-7-4-8-14-20;2*1-2-4-5-3-1;/h4-19H,1-3H3;2*1-5H;. The first-order chi connectivity index (χ1) is 17.0. The van der Waals surface area contributed by atoms with Crippen molar-refractivity contribution in [2.24, 2.45) is 0 Å². The molecule has 2 aliphatic carbocycles. The Morgan fingerprint density at radius 1 is 0.500 bits per heavy atom. The van der Waals surface area contributed by atoms with Gasteiger partial charge in [-0.25, -0.2) is 0 Å². The molecule has 3 aromatic rings. The summed E-state index contributed by atoms with van der Waals surface area (Å²) in [6, 6.07) is 32.0. The molecule has 0 heterocycles. The summed E-state index contributed by atoms with van der Waals surface area (Å²) in [4.78, 5) is 0. The van der Waals surface area contributed by atoms with E-state index in [9.17, 15) is 0 Å². The minimum atomic E-state index is -2.22. The second kappa shape index (κ2) is 16.4. The maximum Gasteiger partial charge on any atom is 0.151 e. The Morgan fingerprint density at radius 2 is 0.806 bits per heavy atom. The Hall–Kier alpha value is -1.44. The van der Waals surface area contributed by atoms with Crippen LogP contribution in [0.4, 0.5) is 5.69 Å². The van der Waals surface area contributed by atoms with E-state index in [2.05, 4.69) is 99.7 Å². The average molecular weight is 565 g/mol. The van der Waals surface area contributed by atoms with E-state index in [1.165, 1.54) is 10.4 Å². The fraction of sp³-hybridized carbons (Fsp3) is 0.121. The van der Waals surface area contributed by atoms with Crippen LogP contribution in [-0.2, 0) is 26.2 Å². The van der Waals surface area contributed by atoms with Crippen molar-refractivity contribution in [1.29, 1.82) is 0 Å². The molecule has 0 unspecified atom stereocenters. The van der Waals surface area contributed by atoms with Gasteiger partial charge in [0.15, 0.2) is 8.07 Å². The molecule has 180 valence electrons. The third kappa shape index (κ3) is 9.14. The molecule has 3 heteroatoms. The van der Waals surface area contributed by atoms with Gasteiger partial charge in [0.1, 0.15) is 0 Å². The van der Waals surface area contributed by atoms with Crippen LogP contribution >= 0.6 is 0 Å². The maximum absolute atomic E-state index is 4.93. The Morgan fingerprint density at radius 3 is 1.11 bits per heavy atom. The van der Waals surface area contributed by atoms with Crippen LogP contribution < -0.4 is 15.7 Å². The summed E-state index contributed by atoms with van der Waals surface area (Å²) in [6.07, 6.45) is 22.3. The SMILES string of the molecule is CC(C)(C)[Si]([CH][N]c1ccccc1)(c1ccccc1)c1ccccc1.[CH]1[CH][CH][CH][CH]1.[CH]1[CH][CH][CH][CH]1.[Zr]. The quantitative estimate of drug-likeness (QED) is 0.305. The van der Waals surface area contributed by atoms with Crippen molar-refractivity contribution in [3.63, 3.8) is 0 Å². The number of rotatable bonds is 5. The Balaban J connectivity index is 0.000000343. The van der Waals surface area contributed by atoms with E-state index in [0.717, 1.165) is 5.69 Å². The van der Waals surface area contributed by atoms with Gasteiger partial charge in [-0.3, -0.25) is 5.32 Å². The molecule has 2 fully saturated rings. The Kier molecular flexibility index (Phi) is 14.0. The van der Waals surface area contributed by atoms with E-state index < -0.39 is 8.07 Å². The molecule has 0 aliphatic heterocycles. The first kappa shape index (κ1) is 30.8. The summed E-state index contributed by atoms with van der Waals surface area (Å²) in [5.74, 6) is 0. The Labute approximate surface area is 241 Å². The van der Waals surface area contributed by atoms with Crippen LogP contribution in [0.15, 0.2) is 91.0 Å². The monoisotopic (exact) mass is 563 g/mol. The molecule has 0 atom stereocenters. The average Bonchev–Trinajstić information content (AvgIpc) is 3.65. The van der Waals surface area contributed by atoms with Gasteiger partial charge in [0, 0.05) is 26.2 Å². The predicted molar refractivity (Wildman–Crippen MR) is 153 cm³/mol. The molecule has 0 saturated heterocycles. The summed E-state index contributed by atoms with van der Waals surface area (Å²) < 4.78 is 0. The van der Waals surface area contributed by atoms with Crippen LogP contribution in [0.2, 0.25) is 5.04 Å². The summed E-state index contributed by atoms with van der Waals surface area (Å²) in [5.41, 5.74) is 1.01. The zero-order valence-electron chi connectivity index (χ0n) is 21.5. The van der Waals surface area contributed by atoms with Crippen molar-refractivity contribution in [3.05, 3.63) is 161 Å². The van der Waals surface area contributed by atoms with Crippen molar-refractivity contribution in [1.82, 2.24) is 5.32 Å². The molecular formula is C33H35NSiZr. The van der Waals surface area contributed by atoms with Crippen LogP contribution in [-0.4, -0.2) is 8.07 Å². The minimum absolute atomic E-state index is 0. The number of hydrogen-bond acceptors (Lipinski definition) is 0. The smallest absolute Gasteiger partial charge is 0.151 e. The fourth-order valence-corrected chi connectivity index (χ4v) is 8.63. The largest absolute Gasteiger partial charge is 0.283 e. The zero-order valence-corrected chi connectivity index (χ0v) is 24.9. The van der Waals surface area contributed by atoms with Crippen LogP contribution in [0.3, 0.4) is 0 Å². The zero-order chi connectivity index (χ0) is 24.8. The van der Waals surface area contributed by atoms with Crippen LogP contribution in [0.25, 0.3) is 0 Å². The second-order valence-electron chi connectivity index (χ2n) is 9.31. The first-order valence-electron chi connectivity index (χ1n) is 12.1. The molecule has 0 spiro atoms. The molecule has 2 aliphatic rings. The molecule has 0 bridgehead atoms. The van der Waals surface area contributed by atoms with Crippen molar-refractivity contribution in [2.75, 3.05) is 0 Å². The van der Waals surface area contributed by atoms with Gasteiger partial charge < -0.3 is 0 Å². The van der Waals surface area contributed by atoms with E-state index >= 15 is 0 Å². The van der Waals surface area contributed by atoms with Gasteiger partial charge in [-0.2, -0.15) is 0 Å². The van der Waals surface area contributed by atoms with E-state index in [0.29, 0.717) is 0 Å². The normalized spacial score (nSPS) is 15.0. The maximum atomic E-state index is 4.93. The third-order valence-electron chi connectivity index (χ3n) is 5.92. The molecule has 3 aromatic carbocycles. The molecule has 12 radical (unpaired) electrons. The summed E-state index contributed by atoms with van der Waals surface area (Å²) in [7, 11) is -2.22. The van der Waals surface area contributed by atoms with Crippen molar-refractivity contribution in [3.8, 4) is 0 Å². The van der Waals surface area contributed by atoms with E-state index in [1.54, 1.807) is 0 Å². The van der Waals surface area contributed by atoms with Gasteiger partial charge >= 0.3 is 0 Å². The predicted octanol–water partition coefficient (Wildman–Crippen LogP) is 6.73. The number of para-hydroxylation sites is 1. The molecule has 0 aromatic heterocycles. The van der Waals surface area contributed by atoms with Crippen LogP contribution in [0.1, 0.15) is 20.8 Å². The minimum Gasteiger partial charge on any atom is -0.283 e. The van der Waals surface area contributed by atoms with E-state index in [4.69, 9.17) is 5.32 Å². The second-order valence-corrected chi connectivity index (χ2v) is 13.8. The topological polar surface area (TPSA) is 14.1 Å². The molecule has 0 N–H and O–H groups in total.